The van der Waals surface area contributed by atoms with E-state index in [1.165, 1.54) is 0 Å². The van der Waals surface area contributed by atoms with Crippen molar-refractivity contribution in [2.24, 2.45) is 0 Å². The molecule has 3 aromatic carbocycles. The summed E-state index contributed by atoms with van der Waals surface area (Å²) < 4.78 is 0. The number of amides is 1. The number of fused-ring (bicyclic) bond motifs is 1. The van der Waals surface area contributed by atoms with Crippen LogP contribution in [0.15, 0.2) is 60.7 Å². The molecule has 0 saturated carbocycles. The molecule has 4 nitrogen and oxygen atoms in total. The first-order chi connectivity index (χ1) is 14.6. The van der Waals surface area contributed by atoms with Crippen molar-refractivity contribution in [2.75, 3.05) is 4.90 Å². The molecule has 0 radical (unpaired) electrons. The normalized spacial score (nSPS) is 15.8. The highest BCUT2D eigenvalue weighted by atomic mass is 16.3. The minimum atomic E-state index is -0.828. The van der Waals surface area contributed by atoms with Crippen molar-refractivity contribution in [1.82, 2.24) is 0 Å². The number of carbonyl (C=O) groups is 2. The third-order valence-corrected chi connectivity index (χ3v) is 5.95. The van der Waals surface area contributed by atoms with Crippen LogP contribution in [0.1, 0.15) is 69.8 Å². The molecule has 3 aromatic rings. The second kappa shape index (κ2) is 7.38. The van der Waals surface area contributed by atoms with Gasteiger partial charge in [-0.15, -0.1) is 0 Å². The van der Waals surface area contributed by atoms with E-state index in [1.54, 1.807) is 23.1 Å². The summed E-state index contributed by atoms with van der Waals surface area (Å²) in [7, 11) is 0. The number of benzene rings is 3. The number of phenols is 1. The van der Waals surface area contributed by atoms with Gasteiger partial charge in [0.1, 0.15) is 11.8 Å². The fourth-order valence-corrected chi connectivity index (χ4v) is 4.25. The Morgan fingerprint density at radius 1 is 0.968 bits per heavy atom. The largest absolute Gasteiger partial charge is 0.507 e. The van der Waals surface area contributed by atoms with Crippen LogP contribution in [0.2, 0.25) is 0 Å². The predicted octanol–water partition coefficient (Wildman–Crippen LogP) is 5.89. The molecule has 158 valence electrons. The first-order valence-electron chi connectivity index (χ1n) is 10.5. The maximum absolute atomic E-state index is 13.9. The minimum Gasteiger partial charge on any atom is -0.507 e. The minimum absolute atomic E-state index is 0.0737. The fraction of sp³-hybridized carbons (Fsp3) is 0.259. The molecule has 31 heavy (non-hydrogen) atoms. The van der Waals surface area contributed by atoms with Gasteiger partial charge in [-0.25, -0.2) is 0 Å². The molecule has 1 atom stereocenters. The second-order valence-corrected chi connectivity index (χ2v) is 9.30. The fourth-order valence-electron chi connectivity index (χ4n) is 4.25. The number of Topliss-reactive ketones (excluding diaryl/α,β-unsaturated/α-hetero) is 1. The molecule has 4 rings (SSSR count). The lowest BCUT2D eigenvalue weighted by Gasteiger charge is -2.27. The number of nitrogens with zero attached hydrogens (tertiary/aromatic N) is 1. The average Bonchev–Trinajstić information content (AvgIpc) is 3.00. The Labute approximate surface area is 183 Å². The topological polar surface area (TPSA) is 57.6 Å². The number of aromatic hydroxyl groups is 1. The number of rotatable bonds is 3. The Hall–Kier alpha value is -3.40. The van der Waals surface area contributed by atoms with Gasteiger partial charge < -0.3 is 5.11 Å². The Balaban J connectivity index is 1.90. The van der Waals surface area contributed by atoms with Crippen molar-refractivity contribution in [3.05, 3.63) is 94.0 Å². The van der Waals surface area contributed by atoms with Crippen molar-refractivity contribution in [1.29, 1.82) is 0 Å². The number of ketones is 1. The van der Waals surface area contributed by atoms with Gasteiger partial charge in [0.25, 0.3) is 5.91 Å². The number of hydrogen-bond acceptors (Lipinski definition) is 3. The van der Waals surface area contributed by atoms with E-state index in [-0.39, 0.29) is 28.4 Å². The van der Waals surface area contributed by atoms with E-state index >= 15 is 0 Å². The summed E-state index contributed by atoms with van der Waals surface area (Å²) in [6.45, 7) is 10.1. The maximum atomic E-state index is 13.9. The Bertz CT molecular complexity index is 1200. The van der Waals surface area contributed by atoms with Crippen LogP contribution in [0, 0.1) is 13.8 Å². The Morgan fingerprint density at radius 3 is 2.35 bits per heavy atom. The molecule has 0 saturated heterocycles. The van der Waals surface area contributed by atoms with Crippen LogP contribution in [-0.4, -0.2) is 16.8 Å². The quantitative estimate of drug-likeness (QED) is 0.545. The highest BCUT2D eigenvalue weighted by Crippen LogP contribution is 2.42. The third-order valence-electron chi connectivity index (χ3n) is 5.95. The summed E-state index contributed by atoms with van der Waals surface area (Å²) in [6, 6.07) is 17.4. The lowest BCUT2D eigenvalue weighted by atomic mass is 9.84. The summed E-state index contributed by atoms with van der Waals surface area (Å²) in [5.41, 5.74) is 4.90. The number of phenolic OH excluding ortho intramolecular Hbond substituents is 1. The van der Waals surface area contributed by atoms with Crippen molar-refractivity contribution >= 4 is 17.4 Å². The van der Waals surface area contributed by atoms with E-state index in [0.29, 0.717) is 16.8 Å². The molecular weight excluding hydrogens is 386 g/mol. The van der Waals surface area contributed by atoms with Crippen molar-refractivity contribution in [3.8, 4) is 5.75 Å². The number of anilines is 1. The van der Waals surface area contributed by atoms with Gasteiger partial charge in [0, 0.05) is 11.3 Å². The van der Waals surface area contributed by atoms with Crippen LogP contribution in [0.4, 0.5) is 5.69 Å². The standard InChI is InChI=1S/C27H27NO3/c1-16-10-12-22(17(2)14-16)28-24(19-8-6-7-9-20(19)26(28)31)25(30)21-15-18(27(3,4)5)11-13-23(21)29/h6-15,24,29H,1-5H3/t24-/m0/s1. The van der Waals surface area contributed by atoms with Crippen LogP contribution in [-0.2, 0) is 5.41 Å². The number of aryl methyl sites for hydroxylation is 2. The Kier molecular flexibility index (Phi) is 4.97. The van der Waals surface area contributed by atoms with Gasteiger partial charge in [-0.3, -0.25) is 14.5 Å². The SMILES string of the molecule is Cc1ccc(N2C(=O)c3ccccc3[C@H]2C(=O)c2cc(C(C)(C)C)ccc2O)c(C)c1. The molecule has 1 heterocycles. The monoisotopic (exact) mass is 413 g/mol. The summed E-state index contributed by atoms with van der Waals surface area (Å²) in [6.07, 6.45) is 0. The smallest absolute Gasteiger partial charge is 0.259 e. The van der Waals surface area contributed by atoms with E-state index in [1.807, 2.05) is 56.3 Å². The van der Waals surface area contributed by atoms with E-state index in [2.05, 4.69) is 20.8 Å². The molecule has 1 aliphatic heterocycles. The van der Waals surface area contributed by atoms with Gasteiger partial charge in [0.2, 0.25) is 0 Å². The lowest BCUT2D eigenvalue weighted by Crippen LogP contribution is -2.33. The lowest BCUT2D eigenvalue weighted by molar-refractivity contribution is 0.0914. The number of hydrogen-bond donors (Lipinski definition) is 1. The van der Waals surface area contributed by atoms with Gasteiger partial charge in [-0.2, -0.15) is 0 Å². The van der Waals surface area contributed by atoms with E-state index in [4.69, 9.17) is 0 Å². The predicted molar refractivity (Wildman–Crippen MR) is 123 cm³/mol. The molecule has 1 aliphatic rings. The molecule has 4 heteroatoms. The van der Waals surface area contributed by atoms with E-state index in [9.17, 15) is 14.7 Å². The molecule has 1 amide bonds. The van der Waals surface area contributed by atoms with Gasteiger partial charge >= 0.3 is 0 Å². The average molecular weight is 414 g/mol. The zero-order chi connectivity index (χ0) is 22.5. The van der Waals surface area contributed by atoms with Gasteiger partial charge in [-0.1, -0.05) is 62.7 Å². The van der Waals surface area contributed by atoms with Gasteiger partial charge in [-0.05, 0) is 60.2 Å². The molecule has 0 fully saturated rings. The molecule has 0 aliphatic carbocycles. The van der Waals surface area contributed by atoms with E-state index < -0.39 is 6.04 Å². The number of carbonyl (C=O) groups excluding carboxylic acids is 2. The Morgan fingerprint density at radius 2 is 1.68 bits per heavy atom. The van der Waals surface area contributed by atoms with E-state index in [0.717, 1.165) is 16.7 Å². The summed E-state index contributed by atoms with van der Waals surface area (Å²) in [4.78, 5) is 28.8. The first kappa shape index (κ1) is 20.9. The second-order valence-electron chi connectivity index (χ2n) is 9.30. The van der Waals surface area contributed by atoms with Crippen molar-refractivity contribution < 1.29 is 14.7 Å². The van der Waals surface area contributed by atoms with Crippen molar-refractivity contribution in [2.45, 2.75) is 46.1 Å². The highest BCUT2D eigenvalue weighted by molar-refractivity contribution is 6.19. The molecule has 0 bridgehead atoms. The van der Waals surface area contributed by atoms with Crippen LogP contribution in [0.5, 0.6) is 5.75 Å². The van der Waals surface area contributed by atoms with Crippen LogP contribution in [0.25, 0.3) is 0 Å². The summed E-state index contributed by atoms with van der Waals surface area (Å²) in [5, 5.41) is 10.6. The zero-order valence-corrected chi connectivity index (χ0v) is 18.6. The van der Waals surface area contributed by atoms with Crippen molar-refractivity contribution in [3.63, 3.8) is 0 Å². The molecule has 0 aromatic heterocycles. The summed E-state index contributed by atoms with van der Waals surface area (Å²) in [5.74, 6) is -0.565. The first-order valence-corrected chi connectivity index (χ1v) is 10.5. The molecular formula is C27H27NO3. The van der Waals surface area contributed by atoms with Gasteiger partial charge in [0.05, 0.1) is 5.56 Å². The van der Waals surface area contributed by atoms with Gasteiger partial charge in [0.15, 0.2) is 5.78 Å². The molecule has 1 N–H and O–H groups in total. The van der Waals surface area contributed by atoms with Crippen LogP contribution < -0.4 is 4.90 Å². The zero-order valence-electron chi connectivity index (χ0n) is 18.6. The van der Waals surface area contributed by atoms with Crippen LogP contribution >= 0.6 is 0 Å². The highest BCUT2D eigenvalue weighted by Gasteiger charge is 2.43. The summed E-state index contributed by atoms with van der Waals surface area (Å²) >= 11 is 0. The molecule has 0 unspecified atom stereocenters. The van der Waals surface area contributed by atoms with Crippen LogP contribution in [0.3, 0.4) is 0 Å². The third kappa shape index (κ3) is 3.52. The maximum Gasteiger partial charge on any atom is 0.259 e. The molecule has 0 spiro atoms.